The van der Waals surface area contributed by atoms with Crippen LogP contribution in [0.25, 0.3) is 11.2 Å². The fourth-order valence-electron chi connectivity index (χ4n) is 1.71. The highest BCUT2D eigenvalue weighted by molar-refractivity contribution is 5.69. The number of aliphatic hydroxyl groups excluding tert-OH is 1. The molecule has 2 heterocycles. The fourth-order valence-corrected chi connectivity index (χ4v) is 1.71. The van der Waals surface area contributed by atoms with Gasteiger partial charge in [0.15, 0.2) is 17.5 Å². The fraction of sp³-hybridized carbons (Fsp3) is 0.444. The first-order chi connectivity index (χ1) is 7.93. The van der Waals surface area contributed by atoms with Gasteiger partial charge in [0, 0.05) is 14.1 Å². The zero-order valence-corrected chi connectivity index (χ0v) is 9.36. The van der Waals surface area contributed by atoms with Crippen molar-refractivity contribution in [3.05, 3.63) is 27.2 Å². The van der Waals surface area contributed by atoms with Crippen LogP contribution in [0, 0.1) is 0 Å². The highest BCUT2D eigenvalue weighted by Crippen LogP contribution is 2.05. The Morgan fingerprint density at radius 2 is 1.94 bits per heavy atom. The molecule has 2 aromatic heterocycles. The Kier molecular flexibility index (Phi) is 2.60. The van der Waals surface area contributed by atoms with Gasteiger partial charge in [-0.25, -0.2) is 9.78 Å². The molecule has 0 amide bonds. The third kappa shape index (κ3) is 1.67. The van der Waals surface area contributed by atoms with Crippen LogP contribution in [0.2, 0.25) is 0 Å². The maximum absolute atomic E-state index is 11.9. The van der Waals surface area contributed by atoms with E-state index >= 15 is 0 Å². The molecule has 0 atom stereocenters. The van der Waals surface area contributed by atoms with Crippen LogP contribution in [0.5, 0.6) is 0 Å². The van der Waals surface area contributed by atoms with E-state index in [1.807, 2.05) is 0 Å². The SMILES string of the molecule is Cn1c(=O)c2c(ncn2CC(O)O)n(C)c1=O. The van der Waals surface area contributed by atoms with Crippen molar-refractivity contribution in [2.24, 2.45) is 14.1 Å². The molecule has 0 radical (unpaired) electrons. The predicted molar refractivity (Wildman–Crippen MR) is 58.4 cm³/mol. The zero-order valence-electron chi connectivity index (χ0n) is 9.36. The van der Waals surface area contributed by atoms with Crippen molar-refractivity contribution in [2.75, 3.05) is 0 Å². The maximum Gasteiger partial charge on any atom is 0.332 e. The summed E-state index contributed by atoms with van der Waals surface area (Å²) in [7, 11) is 2.85. The summed E-state index contributed by atoms with van der Waals surface area (Å²) in [6, 6.07) is 0. The predicted octanol–water partition coefficient (Wildman–Crippen LogP) is -2.26. The molecule has 0 bridgehead atoms. The number of rotatable bonds is 2. The van der Waals surface area contributed by atoms with Crippen LogP contribution in [0.3, 0.4) is 0 Å². The summed E-state index contributed by atoms with van der Waals surface area (Å²) in [5.41, 5.74) is -0.597. The van der Waals surface area contributed by atoms with Crippen LogP contribution in [0.1, 0.15) is 0 Å². The van der Waals surface area contributed by atoms with E-state index in [0.717, 1.165) is 4.57 Å². The standard InChI is InChI=1S/C9H12N4O4/c1-11-7-6(8(16)12(2)9(11)17)13(4-10-7)3-5(14)15/h4-5,14-15H,3H2,1-2H3. The summed E-state index contributed by atoms with van der Waals surface area (Å²) in [4.78, 5) is 27.4. The Hall–Kier alpha value is -1.93. The van der Waals surface area contributed by atoms with Crippen molar-refractivity contribution in [1.82, 2.24) is 18.7 Å². The van der Waals surface area contributed by atoms with Gasteiger partial charge in [-0.05, 0) is 0 Å². The van der Waals surface area contributed by atoms with Crippen LogP contribution in [0.4, 0.5) is 0 Å². The van der Waals surface area contributed by atoms with E-state index < -0.39 is 17.5 Å². The van der Waals surface area contributed by atoms with E-state index in [1.54, 1.807) is 0 Å². The summed E-state index contributed by atoms with van der Waals surface area (Å²) in [5, 5.41) is 17.8. The number of fused-ring (bicyclic) bond motifs is 1. The van der Waals surface area contributed by atoms with Crippen LogP contribution < -0.4 is 11.2 Å². The van der Waals surface area contributed by atoms with Gasteiger partial charge in [0.05, 0.1) is 12.9 Å². The maximum atomic E-state index is 11.9. The molecule has 0 aromatic carbocycles. The lowest BCUT2D eigenvalue weighted by molar-refractivity contribution is -0.0506. The van der Waals surface area contributed by atoms with Crippen LogP contribution in [-0.4, -0.2) is 35.2 Å². The van der Waals surface area contributed by atoms with Gasteiger partial charge < -0.3 is 14.8 Å². The third-order valence-electron chi connectivity index (χ3n) is 2.58. The van der Waals surface area contributed by atoms with Crippen molar-refractivity contribution in [1.29, 1.82) is 0 Å². The van der Waals surface area contributed by atoms with E-state index in [0.29, 0.717) is 0 Å². The Morgan fingerprint density at radius 1 is 1.29 bits per heavy atom. The van der Waals surface area contributed by atoms with Gasteiger partial charge in [0.2, 0.25) is 0 Å². The quantitative estimate of drug-likeness (QED) is 0.577. The van der Waals surface area contributed by atoms with Gasteiger partial charge in [-0.3, -0.25) is 13.9 Å². The van der Waals surface area contributed by atoms with Gasteiger partial charge in [-0.2, -0.15) is 0 Å². The topological polar surface area (TPSA) is 102 Å². The number of aliphatic hydroxyl groups is 2. The first kappa shape index (κ1) is 11.6. The summed E-state index contributed by atoms with van der Waals surface area (Å²) in [6.07, 6.45) is -0.292. The van der Waals surface area contributed by atoms with Gasteiger partial charge >= 0.3 is 5.69 Å². The van der Waals surface area contributed by atoms with Gasteiger partial charge in [-0.15, -0.1) is 0 Å². The zero-order chi connectivity index (χ0) is 12.7. The highest BCUT2D eigenvalue weighted by Gasteiger charge is 2.15. The number of hydrogen-bond donors (Lipinski definition) is 2. The summed E-state index contributed by atoms with van der Waals surface area (Å²) >= 11 is 0. The van der Waals surface area contributed by atoms with E-state index in [-0.39, 0.29) is 17.7 Å². The van der Waals surface area contributed by atoms with Crippen molar-refractivity contribution in [2.45, 2.75) is 12.8 Å². The lowest BCUT2D eigenvalue weighted by Crippen LogP contribution is -2.37. The molecule has 0 aliphatic carbocycles. The average molecular weight is 240 g/mol. The second kappa shape index (κ2) is 3.82. The molecular formula is C9H12N4O4. The van der Waals surface area contributed by atoms with Gasteiger partial charge in [0.1, 0.15) is 0 Å². The molecule has 0 saturated heterocycles. The second-order valence-corrected chi connectivity index (χ2v) is 3.76. The molecule has 2 aromatic rings. The molecule has 17 heavy (non-hydrogen) atoms. The van der Waals surface area contributed by atoms with Crippen molar-refractivity contribution >= 4 is 11.2 Å². The number of hydrogen-bond acceptors (Lipinski definition) is 5. The van der Waals surface area contributed by atoms with Crippen molar-refractivity contribution < 1.29 is 10.2 Å². The Labute approximate surface area is 95.0 Å². The normalized spacial score (nSPS) is 11.6. The minimum Gasteiger partial charge on any atom is -0.367 e. The molecule has 2 N–H and O–H groups in total. The first-order valence-electron chi connectivity index (χ1n) is 4.90. The van der Waals surface area contributed by atoms with E-state index in [4.69, 9.17) is 10.2 Å². The summed E-state index contributed by atoms with van der Waals surface area (Å²) < 4.78 is 3.49. The molecule has 8 nitrogen and oxygen atoms in total. The molecule has 0 spiro atoms. The molecule has 0 aliphatic heterocycles. The lowest BCUT2D eigenvalue weighted by atomic mass is 10.5. The number of aromatic nitrogens is 4. The summed E-state index contributed by atoms with van der Waals surface area (Å²) in [5.74, 6) is 0. The molecular weight excluding hydrogens is 228 g/mol. The molecule has 0 unspecified atom stereocenters. The molecule has 0 fully saturated rings. The number of imidazole rings is 1. The molecule has 0 aliphatic rings. The minimum absolute atomic E-state index is 0.169. The van der Waals surface area contributed by atoms with Crippen LogP contribution in [0.15, 0.2) is 15.9 Å². The Balaban J connectivity index is 2.86. The van der Waals surface area contributed by atoms with Gasteiger partial charge in [-0.1, -0.05) is 0 Å². The number of aryl methyl sites for hydroxylation is 1. The summed E-state index contributed by atoms with van der Waals surface area (Å²) in [6.45, 7) is -0.177. The lowest BCUT2D eigenvalue weighted by Gasteiger charge is -2.07. The average Bonchev–Trinajstić information content (AvgIpc) is 2.66. The second-order valence-electron chi connectivity index (χ2n) is 3.76. The Bertz CT molecular complexity index is 679. The van der Waals surface area contributed by atoms with Gasteiger partial charge in [0.25, 0.3) is 5.56 Å². The molecule has 8 heteroatoms. The Morgan fingerprint density at radius 3 is 2.53 bits per heavy atom. The van der Waals surface area contributed by atoms with Crippen LogP contribution >= 0.6 is 0 Å². The minimum atomic E-state index is -1.59. The largest absolute Gasteiger partial charge is 0.367 e. The number of nitrogens with zero attached hydrogens (tertiary/aromatic N) is 4. The van der Waals surface area contributed by atoms with Crippen molar-refractivity contribution in [3.63, 3.8) is 0 Å². The monoisotopic (exact) mass is 240 g/mol. The first-order valence-corrected chi connectivity index (χ1v) is 4.90. The molecule has 0 saturated carbocycles. The van der Waals surface area contributed by atoms with E-state index in [9.17, 15) is 9.59 Å². The molecule has 92 valence electrons. The smallest absolute Gasteiger partial charge is 0.332 e. The van der Waals surface area contributed by atoms with Crippen LogP contribution in [-0.2, 0) is 20.6 Å². The van der Waals surface area contributed by atoms with E-state index in [2.05, 4.69) is 4.98 Å². The third-order valence-corrected chi connectivity index (χ3v) is 2.58. The molecule has 2 rings (SSSR count). The van der Waals surface area contributed by atoms with E-state index in [1.165, 1.54) is 29.6 Å². The van der Waals surface area contributed by atoms with Crippen molar-refractivity contribution in [3.8, 4) is 0 Å². The highest BCUT2D eigenvalue weighted by atomic mass is 16.5.